The van der Waals surface area contributed by atoms with E-state index in [1.165, 1.54) is 4.80 Å². The maximum Gasteiger partial charge on any atom is 0.510 e. The molecule has 1 atom stereocenters. The van der Waals surface area contributed by atoms with E-state index in [9.17, 15) is 4.79 Å². The van der Waals surface area contributed by atoms with Crippen molar-refractivity contribution in [3.8, 4) is 0 Å². The molecule has 1 aromatic rings. The van der Waals surface area contributed by atoms with Gasteiger partial charge < -0.3 is 9.47 Å². The van der Waals surface area contributed by atoms with Crippen LogP contribution in [0.5, 0.6) is 0 Å². The number of rotatable bonds is 4. The summed E-state index contributed by atoms with van der Waals surface area (Å²) >= 11 is 0. The Hall–Kier alpha value is -1.70. The molecule has 1 aliphatic heterocycles. The van der Waals surface area contributed by atoms with Gasteiger partial charge in [0.25, 0.3) is 0 Å². The minimum absolute atomic E-state index is 0.160. The molecule has 0 bridgehead atoms. The summed E-state index contributed by atoms with van der Waals surface area (Å²) in [6.07, 6.45) is -1.37. The van der Waals surface area contributed by atoms with Crippen LogP contribution in [0.2, 0.25) is 0 Å². The second kappa shape index (κ2) is 5.97. The van der Waals surface area contributed by atoms with Gasteiger partial charge in [0.2, 0.25) is 6.23 Å². The summed E-state index contributed by atoms with van der Waals surface area (Å²) in [4.78, 5) is 14.9. The summed E-state index contributed by atoms with van der Waals surface area (Å²) < 4.78 is 9.74. The molecule has 0 saturated carbocycles. The van der Waals surface area contributed by atoms with Gasteiger partial charge in [-0.2, -0.15) is 0 Å². The van der Waals surface area contributed by atoms with Gasteiger partial charge in [0, 0.05) is 24.5 Å². The van der Waals surface area contributed by atoms with Crippen LogP contribution in [0.3, 0.4) is 0 Å². The van der Waals surface area contributed by atoms with Crippen molar-refractivity contribution in [2.45, 2.75) is 52.3 Å². The molecule has 0 spiro atoms. The summed E-state index contributed by atoms with van der Waals surface area (Å²) in [7, 11) is 0. The maximum absolute atomic E-state index is 11.2. The number of carbonyl (C=O) groups excluding carboxylic acids is 1. The van der Waals surface area contributed by atoms with E-state index in [4.69, 9.17) is 9.47 Å². The average Bonchev–Trinajstić information content (AvgIpc) is 2.74. The lowest BCUT2D eigenvalue weighted by Gasteiger charge is -2.46. The van der Waals surface area contributed by atoms with E-state index in [1.807, 2.05) is 0 Å². The number of hydrogen-bond acceptors (Lipinski definition) is 7. The lowest BCUT2D eigenvalue weighted by atomic mass is 9.92. The van der Waals surface area contributed by atoms with Crippen LogP contribution in [0.15, 0.2) is 0 Å². The van der Waals surface area contributed by atoms with Crippen molar-refractivity contribution in [3.05, 3.63) is 5.82 Å². The zero-order valence-corrected chi connectivity index (χ0v) is 13.2. The van der Waals surface area contributed by atoms with Crippen LogP contribution in [-0.2, 0) is 9.47 Å². The SMILES string of the molecule is CCOC(=O)O[C@@H](C)n1nnc(C2CN(C(C)(C)C)C2)n1. The van der Waals surface area contributed by atoms with Gasteiger partial charge in [-0.25, -0.2) is 4.79 Å². The predicted octanol–water partition coefficient (Wildman–Crippen LogP) is 1.56. The largest absolute Gasteiger partial charge is 0.510 e. The Morgan fingerprint density at radius 3 is 2.67 bits per heavy atom. The second-order valence-electron chi connectivity index (χ2n) is 6.14. The van der Waals surface area contributed by atoms with E-state index in [0.717, 1.165) is 13.1 Å². The third kappa shape index (κ3) is 3.69. The summed E-state index contributed by atoms with van der Waals surface area (Å²) in [5, 5.41) is 12.3. The summed E-state index contributed by atoms with van der Waals surface area (Å²) in [6, 6.07) is 0. The van der Waals surface area contributed by atoms with E-state index in [2.05, 4.69) is 41.1 Å². The predicted molar refractivity (Wildman–Crippen MR) is 74.7 cm³/mol. The quantitative estimate of drug-likeness (QED) is 0.780. The monoisotopic (exact) mass is 297 g/mol. The van der Waals surface area contributed by atoms with Crippen molar-refractivity contribution in [1.82, 2.24) is 25.1 Å². The fraction of sp³-hybridized carbons (Fsp3) is 0.846. The number of carbonyl (C=O) groups is 1. The summed E-state index contributed by atoms with van der Waals surface area (Å²) in [6.45, 7) is 12.0. The van der Waals surface area contributed by atoms with Crippen molar-refractivity contribution >= 4 is 6.16 Å². The molecule has 0 radical (unpaired) electrons. The van der Waals surface area contributed by atoms with Gasteiger partial charge in [0.15, 0.2) is 5.82 Å². The van der Waals surface area contributed by atoms with Crippen molar-refractivity contribution in [1.29, 1.82) is 0 Å². The van der Waals surface area contributed by atoms with Crippen LogP contribution < -0.4 is 0 Å². The Kier molecular flexibility index (Phi) is 4.46. The first-order chi connectivity index (χ1) is 9.81. The van der Waals surface area contributed by atoms with E-state index in [0.29, 0.717) is 5.82 Å². The highest BCUT2D eigenvalue weighted by Crippen LogP contribution is 2.30. The Bertz CT molecular complexity index is 490. The molecular weight excluding hydrogens is 274 g/mol. The van der Waals surface area contributed by atoms with Crippen LogP contribution in [0, 0.1) is 0 Å². The van der Waals surface area contributed by atoms with E-state index < -0.39 is 12.4 Å². The molecule has 0 amide bonds. The third-order valence-electron chi connectivity index (χ3n) is 3.49. The highest BCUT2D eigenvalue weighted by atomic mass is 16.7. The molecule has 2 rings (SSSR count). The zero-order valence-electron chi connectivity index (χ0n) is 13.2. The molecule has 0 unspecified atom stereocenters. The summed E-state index contributed by atoms with van der Waals surface area (Å²) in [5.74, 6) is 0.975. The number of hydrogen-bond donors (Lipinski definition) is 0. The Morgan fingerprint density at radius 1 is 1.43 bits per heavy atom. The molecule has 1 fully saturated rings. The fourth-order valence-electron chi connectivity index (χ4n) is 2.08. The smallest absolute Gasteiger partial charge is 0.435 e. The van der Waals surface area contributed by atoms with Gasteiger partial charge in [-0.3, -0.25) is 4.90 Å². The lowest BCUT2D eigenvalue weighted by Crippen LogP contribution is -2.54. The molecule has 8 nitrogen and oxygen atoms in total. The number of nitrogens with zero attached hydrogens (tertiary/aromatic N) is 5. The van der Waals surface area contributed by atoms with E-state index in [-0.39, 0.29) is 18.1 Å². The molecule has 1 saturated heterocycles. The third-order valence-corrected chi connectivity index (χ3v) is 3.49. The van der Waals surface area contributed by atoms with E-state index in [1.54, 1.807) is 13.8 Å². The van der Waals surface area contributed by atoms with Gasteiger partial charge >= 0.3 is 6.16 Å². The Morgan fingerprint density at radius 2 is 2.10 bits per heavy atom. The van der Waals surface area contributed by atoms with Crippen LogP contribution in [0.4, 0.5) is 4.79 Å². The molecule has 0 N–H and O–H groups in total. The van der Waals surface area contributed by atoms with E-state index >= 15 is 0 Å². The first kappa shape index (κ1) is 15.7. The highest BCUT2D eigenvalue weighted by molar-refractivity contribution is 5.59. The molecular formula is C13H23N5O3. The van der Waals surface area contributed by atoms with Crippen LogP contribution >= 0.6 is 0 Å². The molecule has 8 heteroatoms. The number of ether oxygens (including phenoxy) is 2. The topological polar surface area (TPSA) is 82.4 Å². The van der Waals surface area contributed by atoms with Gasteiger partial charge in [-0.15, -0.1) is 15.0 Å². The van der Waals surface area contributed by atoms with Gasteiger partial charge in [-0.05, 0) is 39.8 Å². The highest BCUT2D eigenvalue weighted by Gasteiger charge is 2.37. The average molecular weight is 297 g/mol. The first-order valence-electron chi connectivity index (χ1n) is 7.19. The second-order valence-corrected chi connectivity index (χ2v) is 6.14. The molecule has 2 heterocycles. The Labute approximate surface area is 124 Å². The standard InChI is InChI=1S/C13H23N5O3/c1-6-20-12(19)21-9(2)18-15-11(14-16-18)10-7-17(8-10)13(3,4)5/h9-10H,6-8H2,1-5H3/t9-/m0/s1. The minimum atomic E-state index is -0.730. The van der Waals surface area contributed by atoms with Crippen LogP contribution in [0.1, 0.15) is 52.6 Å². The zero-order chi connectivity index (χ0) is 15.6. The number of tetrazole rings is 1. The van der Waals surface area contributed by atoms with Crippen molar-refractivity contribution < 1.29 is 14.3 Å². The molecule has 118 valence electrons. The van der Waals surface area contributed by atoms with Crippen molar-refractivity contribution in [2.75, 3.05) is 19.7 Å². The lowest BCUT2D eigenvalue weighted by molar-refractivity contribution is -0.00570. The number of aromatic nitrogens is 4. The maximum atomic E-state index is 11.2. The molecule has 21 heavy (non-hydrogen) atoms. The van der Waals surface area contributed by atoms with Crippen molar-refractivity contribution in [2.24, 2.45) is 0 Å². The van der Waals surface area contributed by atoms with Gasteiger partial charge in [0.1, 0.15) is 0 Å². The van der Waals surface area contributed by atoms with Crippen LogP contribution in [-0.4, -0.2) is 56.5 Å². The number of likely N-dealkylation sites (tertiary alicyclic amines) is 1. The minimum Gasteiger partial charge on any atom is -0.435 e. The molecule has 0 aromatic carbocycles. The fourth-order valence-corrected chi connectivity index (χ4v) is 2.08. The molecule has 1 aliphatic rings. The van der Waals surface area contributed by atoms with Gasteiger partial charge in [0.05, 0.1) is 6.61 Å². The Balaban J connectivity index is 1.89. The molecule has 1 aromatic heterocycles. The van der Waals surface area contributed by atoms with Crippen LogP contribution in [0.25, 0.3) is 0 Å². The van der Waals surface area contributed by atoms with Crippen molar-refractivity contribution in [3.63, 3.8) is 0 Å². The first-order valence-corrected chi connectivity index (χ1v) is 7.19. The summed E-state index contributed by atoms with van der Waals surface area (Å²) in [5.41, 5.74) is 0.160. The normalized spacial score (nSPS) is 18.1. The van der Waals surface area contributed by atoms with Gasteiger partial charge in [-0.1, -0.05) is 0 Å². The molecule has 0 aliphatic carbocycles.